The van der Waals surface area contributed by atoms with Crippen molar-refractivity contribution in [3.63, 3.8) is 0 Å². The van der Waals surface area contributed by atoms with Gasteiger partial charge >= 0.3 is 0 Å². The van der Waals surface area contributed by atoms with Crippen LogP contribution >= 0.6 is 22.6 Å². The quantitative estimate of drug-likeness (QED) is 0.528. The van der Waals surface area contributed by atoms with E-state index >= 15 is 0 Å². The molecule has 1 aliphatic rings. The normalized spacial score (nSPS) is 26.9. The lowest BCUT2D eigenvalue weighted by molar-refractivity contribution is 0.398. The Hall–Kier alpha value is 0.430. The molecule has 1 nitrogen and oxygen atoms in total. The lowest BCUT2D eigenvalue weighted by Gasteiger charge is -1.83. The van der Waals surface area contributed by atoms with E-state index in [2.05, 4.69) is 32.7 Å². The summed E-state index contributed by atoms with van der Waals surface area (Å²) in [6.07, 6.45) is 5.15. The van der Waals surface area contributed by atoms with Crippen LogP contribution in [-0.4, -0.2) is 12.7 Å². The van der Waals surface area contributed by atoms with Gasteiger partial charge < -0.3 is 4.74 Å². The number of hydrogen-bond acceptors (Lipinski definition) is 1. The van der Waals surface area contributed by atoms with E-state index in [1.807, 2.05) is 0 Å². The molecule has 1 unspecified atom stereocenters. The highest BCUT2D eigenvalue weighted by atomic mass is 127. The predicted molar refractivity (Wildman–Crippen MR) is 42.1 cm³/mol. The number of rotatable bonds is 3. The summed E-state index contributed by atoms with van der Waals surface area (Å²) < 4.78 is 7.07. The Kier molecular flexibility index (Phi) is 2.83. The topological polar surface area (TPSA) is 12.5 Å². The molecule has 0 aromatic heterocycles. The molecule has 0 aliphatic carbocycles. The van der Waals surface area contributed by atoms with Gasteiger partial charge in [0.1, 0.15) is 0 Å². The highest BCUT2D eigenvalue weighted by Crippen LogP contribution is 2.15. The van der Waals surface area contributed by atoms with E-state index in [4.69, 9.17) is 4.74 Å². The number of allylic oxidation sites excluding steroid dienone is 1. The Labute approximate surface area is 63.2 Å². The average molecular weight is 224 g/mol. The third-order valence-corrected chi connectivity index (χ3v) is 1.66. The van der Waals surface area contributed by atoms with Crippen molar-refractivity contribution in [2.75, 3.05) is 6.61 Å². The fourth-order valence-corrected chi connectivity index (χ4v) is 0.939. The SMILES string of the molecule is IC=CCCC1CO1. The van der Waals surface area contributed by atoms with Gasteiger partial charge in [-0.25, -0.2) is 0 Å². The zero-order chi connectivity index (χ0) is 5.82. The van der Waals surface area contributed by atoms with Crippen molar-refractivity contribution in [1.82, 2.24) is 0 Å². The molecule has 1 saturated heterocycles. The minimum absolute atomic E-state index is 0.600. The summed E-state index contributed by atoms with van der Waals surface area (Å²) in [6.45, 7) is 0.995. The van der Waals surface area contributed by atoms with Crippen LogP contribution in [-0.2, 0) is 4.74 Å². The smallest absolute Gasteiger partial charge is 0.0812 e. The van der Waals surface area contributed by atoms with Crippen LogP contribution in [0.2, 0.25) is 0 Å². The van der Waals surface area contributed by atoms with Crippen molar-refractivity contribution < 1.29 is 4.74 Å². The molecule has 2 heteroatoms. The Morgan fingerprint density at radius 3 is 3.00 bits per heavy atom. The maximum Gasteiger partial charge on any atom is 0.0812 e. The molecule has 1 rings (SSSR count). The largest absolute Gasteiger partial charge is 0.373 e. The summed E-state index contributed by atoms with van der Waals surface area (Å²) in [5.74, 6) is 0. The number of ether oxygens (including phenoxy) is 1. The van der Waals surface area contributed by atoms with Crippen LogP contribution in [0.3, 0.4) is 0 Å². The molecular formula is C6H9IO. The van der Waals surface area contributed by atoms with E-state index in [9.17, 15) is 0 Å². The molecule has 46 valence electrons. The van der Waals surface area contributed by atoms with Crippen LogP contribution in [0.5, 0.6) is 0 Å². The van der Waals surface area contributed by atoms with E-state index in [1.54, 1.807) is 0 Å². The van der Waals surface area contributed by atoms with Crippen LogP contribution in [0, 0.1) is 0 Å². The zero-order valence-corrected chi connectivity index (χ0v) is 6.80. The van der Waals surface area contributed by atoms with Crippen molar-refractivity contribution in [1.29, 1.82) is 0 Å². The molecule has 1 fully saturated rings. The van der Waals surface area contributed by atoms with E-state index in [1.165, 1.54) is 12.8 Å². The van der Waals surface area contributed by atoms with Gasteiger partial charge in [0.25, 0.3) is 0 Å². The molecule has 0 aromatic carbocycles. The predicted octanol–water partition coefficient (Wildman–Crippen LogP) is 2.11. The van der Waals surface area contributed by atoms with Crippen LogP contribution < -0.4 is 0 Å². The number of hydrogen-bond donors (Lipinski definition) is 0. The fourth-order valence-electron chi connectivity index (χ4n) is 0.580. The molecule has 0 aromatic rings. The third kappa shape index (κ3) is 2.67. The van der Waals surface area contributed by atoms with Crippen molar-refractivity contribution in [3.05, 3.63) is 10.2 Å². The molecule has 1 atom stereocenters. The zero-order valence-electron chi connectivity index (χ0n) is 4.64. The van der Waals surface area contributed by atoms with Gasteiger partial charge in [0.2, 0.25) is 0 Å². The van der Waals surface area contributed by atoms with Gasteiger partial charge in [-0.15, -0.1) is 0 Å². The van der Waals surface area contributed by atoms with Crippen LogP contribution in [0.25, 0.3) is 0 Å². The van der Waals surface area contributed by atoms with E-state index in [0.29, 0.717) is 6.10 Å². The highest BCUT2D eigenvalue weighted by molar-refractivity contribution is 14.1. The van der Waals surface area contributed by atoms with Crippen LogP contribution in [0.4, 0.5) is 0 Å². The number of halogens is 1. The van der Waals surface area contributed by atoms with Crippen molar-refractivity contribution in [3.8, 4) is 0 Å². The first-order chi connectivity index (χ1) is 3.93. The molecule has 0 saturated carbocycles. The highest BCUT2D eigenvalue weighted by Gasteiger charge is 2.20. The van der Waals surface area contributed by atoms with Gasteiger partial charge in [0.15, 0.2) is 0 Å². The second kappa shape index (κ2) is 3.45. The Morgan fingerprint density at radius 1 is 1.75 bits per heavy atom. The standard InChI is InChI=1S/C6H9IO/c7-4-2-1-3-6-5-8-6/h2,4,6H,1,3,5H2. The fraction of sp³-hybridized carbons (Fsp3) is 0.667. The van der Waals surface area contributed by atoms with Gasteiger partial charge in [-0.05, 0) is 16.9 Å². The van der Waals surface area contributed by atoms with Gasteiger partial charge in [0.05, 0.1) is 12.7 Å². The first-order valence-electron chi connectivity index (χ1n) is 2.80. The summed E-state index contributed by atoms with van der Waals surface area (Å²) in [7, 11) is 0. The van der Waals surface area contributed by atoms with Crippen LogP contribution in [0.1, 0.15) is 12.8 Å². The summed E-state index contributed by atoms with van der Waals surface area (Å²) in [6, 6.07) is 0. The Morgan fingerprint density at radius 2 is 2.50 bits per heavy atom. The number of epoxide rings is 1. The summed E-state index contributed by atoms with van der Waals surface area (Å²) in [4.78, 5) is 0. The van der Waals surface area contributed by atoms with Crippen molar-refractivity contribution in [2.45, 2.75) is 18.9 Å². The summed E-state index contributed by atoms with van der Waals surface area (Å²) in [5.41, 5.74) is 0. The first-order valence-corrected chi connectivity index (χ1v) is 4.05. The summed E-state index contributed by atoms with van der Waals surface area (Å²) in [5, 5.41) is 0. The first kappa shape index (κ1) is 6.55. The minimum atomic E-state index is 0.600. The molecule has 1 heterocycles. The second-order valence-corrected chi connectivity index (χ2v) is 2.61. The molecule has 8 heavy (non-hydrogen) atoms. The lowest BCUT2D eigenvalue weighted by atomic mass is 10.2. The molecule has 0 amide bonds. The van der Waals surface area contributed by atoms with Gasteiger partial charge in [-0.3, -0.25) is 0 Å². The van der Waals surface area contributed by atoms with Gasteiger partial charge in [-0.2, -0.15) is 0 Å². The summed E-state index contributed by atoms with van der Waals surface area (Å²) >= 11 is 2.23. The third-order valence-electron chi connectivity index (χ3n) is 1.15. The molecule has 0 spiro atoms. The monoisotopic (exact) mass is 224 g/mol. The van der Waals surface area contributed by atoms with E-state index in [0.717, 1.165) is 6.61 Å². The van der Waals surface area contributed by atoms with E-state index in [-0.39, 0.29) is 0 Å². The Balaban J connectivity index is 1.88. The minimum Gasteiger partial charge on any atom is -0.373 e. The van der Waals surface area contributed by atoms with Crippen molar-refractivity contribution in [2.24, 2.45) is 0 Å². The maximum absolute atomic E-state index is 5.02. The average Bonchev–Trinajstić information content (AvgIpc) is 2.51. The van der Waals surface area contributed by atoms with E-state index < -0.39 is 0 Å². The molecule has 1 aliphatic heterocycles. The maximum atomic E-state index is 5.02. The molecule has 0 bridgehead atoms. The lowest BCUT2D eigenvalue weighted by Crippen LogP contribution is -1.80. The van der Waals surface area contributed by atoms with Crippen LogP contribution in [0.15, 0.2) is 10.2 Å². The Bertz CT molecular complexity index is 86.5. The molecule has 0 N–H and O–H groups in total. The van der Waals surface area contributed by atoms with Crippen molar-refractivity contribution >= 4 is 22.6 Å². The molecule has 0 radical (unpaired) electrons. The van der Waals surface area contributed by atoms with Gasteiger partial charge in [-0.1, -0.05) is 28.7 Å². The molecular weight excluding hydrogens is 215 g/mol. The van der Waals surface area contributed by atoms with Gasteiger partial charge in [0, 0.05) is 0 Å². The second-order valence-electron chi connectivity index (χ2n) is 1.89.